The molecule has 136 valence electrons. The number of tetrazole rings is 1. The third kappa shape index (κ3) is 4.33. The van der Waals surface area contributed by atoms with Gasteiger partial charge >= 0.3 is 0 Å². The third-order valence-electron chi connectivity index (χ3n) is 4.14. The fourth-order valence-corrected chi connectivity index (χ4v) is 4.11. The lowest BCUT2D eigenvalue weighted by Crippen LogP contribution is -2.33. The van der Waals surface area contributed by atoms with Crippen molar-refractivity contribution < 1.29 is 8.42 Å². The van der Waals surface area contributed by atoms with E-state index in [0.29, 0.717) is 0 Å². The molecule has 0 aliphatic heterocycles. The van der Waals surface area contributed by atoms with Gasteiger partial charge in [0.2, 0.25) is 10.0 Å². The van der Waals surface area contributed by atoms with Crippen molar-refractivity contribution in [2.45, 2.75) is 37.6 Å². The lowest BCUT2D eigenvalue weighted by Gasteiger charge is -2.15. The van der Waals surface area contributed by atoms with Gasteiger partial charge in [0.25, 0.3) is 0 Å². The molecular formula is C18H21N5O2S. The SMILES string of the molecule is Cc1cc(S(=O)(=O)NC(C)CCc2ccccc2)ccc1-n1cnnn1. The minimum atomic E-state index is -3.58. The molecule has 1 aromatic heterocycles. The first-order valence-corrected chi connectivity index (χ1v) is 9.84. The Hall–Kier alpha value is -2.58. The summed E-state index contributed by atoms with van der Waals surface area (Å²) in [7, 11) is -3.58. The van der Waals surface area contributed by atoms with E-state index in [-0.39, 0.29) is 10.9 Å². The first-order valence-electron chi connectivity index (χ1n) is 8.36. The van der Waals surface area contributed by atoms with Crippen molar-refractivity contribution in [1.29, 1.82) is 0 Å². The van der Waals surface area contributed by atoms with Crippen molar-refractivity contribution in [1.82, 2.24) is 24.9 Å². The van der Waals surface area contributed by atoms with E-state index < -0.39 is 10.0 Å². The molecule has 0 fully saturated rings. The van der Waals surface area contributed by atoms with Gasteiger partial charge in [0, 0.05) is 6.04 Å². The predicted octanol–water partition coefficient (Wildman–Crippen LogP) is 2.27. The van der Waals surface area contributed by atoms with E-state index in [1.165, 1.54) is 16.6 Å². The summed E-state index contributed by atoms with van der Waals surface area (Å²) >= 11 is 0. The van der Waals surface area contributed by atoms with Crippen LogP contribution in [-0.4, -0.2) is 34.7 Å². The molecule has 1 N–H and O–H groups in total. The van der Waals surface area contributed by atoms with Crippen LogP contribution >= 0.6 is 0 Å². The topological polar surface area (TPSA) is 89.8 Å². The van der Waals surface area contributed by atoms with Gasteiger partial charge in [-0.15, -0.1) is 5.10 Å². The van der Waals surface area contributed by atoms with Crippen LogP contribution in [0.3, 0.4) is 0 Å². The normalized spacial score (nSPS) is 12.8. The van der Waals surface area contributed by atoms with E-state index in [0.717, 1.165) is 24.1 Å². The van der Waals surface area contributed by atoms with Crippen LogP contribution in [0.4, 0.5) is 0 Å². The summed E-state index contributed by atoms with van der Waals surface area (Å²) in [5.74, 6) is 0. The molecular weight excluding hydrogens is 350 g/mol. The highest BCUT2D eigenvalue weighted by molar-refractivity contribution is 7.89. The highest BCUT2D eigenvalue weighted by Crippen LogP contribution is 2.18. The standard InChI is InChI=1S/C18H21N5O2S/c1-14-12-17(10-11-18(14)23-13-19-21-22-23)26(24,25)20-15(2)8-9-16-6-4-3-5-7-16/h3-7,10-13,15,20H,8-9H2,1-2H3. The van der Waals surface area contributed by atoms with E-state index in [2.05, 4.69) is 20.2 Å². The second-order valence-corrected chi connectivity index (χ2v) is 7.96. The van der Waals surface area contributed by atoms with Gasteiger partial charge in [-0.3, -0.25) is 0 Å². The zero-order valence-corrected chi connectivity index (χ0v) is 15.5. The fourth-order valence-electron chi connectivity index (χ4n) is 2.74. The molecule has 0 amide bonds. The quantitative estimate of drug-likeness (QED) is 0.688. The number of nitrogens with zero attached hydrogens (tertiary/aromatic N) is 4. The molecule has 0 aliphatic rings. The number of hydrogen-bond donors (Lipinski definition) is 1. The van der Waals surface area contributed by atoms with Gasteiger partial charge in [0.1, 0.15) is 6.33 Å². The molecule has 0 aliphatic carbocycles. The fraction of sp³-hybridized carbons (Fsp3) is 0.278. The molecule has 2 aromatic carbocycles. The Bertz CT molecular complexity index is 957. The largest absolute Gasteiger partial charge is 0.240 e. The number of nitrogens with one attached hydrogen (secondary N) is 1. The van der Waals surface area contributed by atoms with Gasteiger partial charge in [-0.1, -0.05) is 30.3 Å². The molecule has 7 nitrogen and oxygen atoms in total. The maximum Gasteiger partial charge on any atom is 0.240 e. The maximum atomic E-state index is 12.6. The molecule has 1 heterocycles. The zero-order chi connectivity index (χ0) is 18.6. The van der Waals surface area contributed by atoms with Crippen LogP contribution in [0.5, 0.6) is 0 Å². The molecule has 3 aromatic rings. The number of aromatic nitrogens is 4. The second kappa shape index (κ2) is 7.76. The minimum absolute atomic E-state index is 0.167. The lowest BCUT2D eigenvalue weighted by atomic mass is 10.1. The Morgan fingerprint density at radius 3 is 2.58 bits per heavy atom. The Balaban J connectivity index is 1.68. The average Bonchev–Trinajstić information content (AvgIpc) is 3.15. The summed E-state index contributed by atoms with van der Waals surface area (Å²) in [6, 6.07) is 14.8. The molecule has 8 heteroatoms. The minimum Gasteiger partial charge on any atom is -0.208 e. The second-order valence-electron chi connectivity index (χ2n) is 6.25. The van der Waals surface area contributed by atoms with Gasteiger partial charge in [-0.05, 0) is 66.4 Å². The van der Waals surface area contributed by atoms with Gasteiger partial charge in [0.15, 0.2) is 0 Å². The van der Waals surface area contributed by atoms with E-state index in [4.69, 9.17) is 0 Å². The molecule has 0 bridgehead atoms. The summed E-state index contributed by atoms with van der Waals surface area (Å²) in [5, 5.41) is 11.0. The number of benzene rings is 2. The van der Waals surface area contributed by atoms with Crippen molar-refractivity contribution in [2.75, 3.05) is 0 Å². The summed E-state index contributed by atoms with van der Waals surface area (Å²) in [5.41, 5.74) is 2.71. The van der Waals surface area contributed by atoms with Crippen molar-refractivity contribution in [3.8, 4) is 5.69 Å². The lowest BCUT2D eigenvalue weighted by molar-refractivity contribution is 0.547. The third-order valence-corrected chi connectivity index (χ3v) is 5.73. The van der Waals surface area contributed by atoms with Crippen molar-refractivity contribution in [2.24, 2.45) is 0 Å². The van der Waals surface area contributed by atoms with Crippen molar-refractivity contribution in [3.63, 3.8) is 0 Å². The van der Waals surface area contributed by atoms with Crippen LogP contribution in [0.25, 0.3) is 5.69 Å². The number of sulfonamides is 1. The van der Waals surface area contributed by atoms with Crippen LogP contribution in [0.15, 0.2) is 59.8 Å². The average molecular weight is 371 g/mol. The van der Waals surface area contributed by atoms with Crippen LogP contribution in [0.1, 0.15) is 24.5 Å². The van der Waals surface area contributed by atoms with Crippen LogP contribution < -0.4 is 4.72 Å². The summed E-state index contributed by atoms with van der Waals surface area (Å²) < 4.78 is 29.5. The number of aryl methyl sites for hydroxylation is 2. The van der Waals surface area contributed by atoms with Crippen LogP contribution in [-0.2, 0) is 16.4 Å². The van der Waals surface area contributed by atoms with Gasteiger partial charge in [-0.2, -0.15) is 0 Å². The molecule has 0 spiro atoms. The monoisotopic (exact) mass is 371 g/mol. The smallest absolute Gasteiger partial charge is 0.208 e. The Labute approximate surface area is 153 Å². The Kier molecular flexibility index (Phi) is 5.43. The van der Waals surface area contributed by atoms with Crippen molar-refractivity contribution in [3.05, 3.63) is 66.0 Å². The first-order chi connectivity index (χ1) is 12.5. The van der Waals surface area contributed by atoms with Crippen molar-refractivity contribution >= 4 is 10.0 Å². The maximum absolute atomic E-state index is 12.6. The Morgan fingerprint density at radius 2 is 1.92 bits per heavy atom. The van der Waals surface area contributed by atoms with Gasteiger partial charge in [0.05, 0.1) is 10.6 Å². The summed E-state index contributed by atoms with van der Waals surface area (Å²) in [4.78, 5) is 0.235. The summed E-state index contributed by atoms with van der Waals surface area (Å²) in [6.07, 6.45) is 3.02. The van der Waals surface area contributed by atoms with E-state index in [9.17, 15) is 8.42 Å². The number of hydrogen-bond acceptors (Lipinski definition) is 5. The molecule has 0 saturated carbocycles. The Morgan fingerprint density at radius 1 is 1.15 bits per heavy atom. The zero-order valence-electron chi connectivity index (χ0n) is 14.7. The molecule has 3 rings (SSSR count). The summed E-state index contributed by atoms with van der Waals surface area (Å²) in [6.45, 7) is 3.71. The molecule has 0 saturated heterocycles. The highest BCUT2D eigenvalue weighted by atomic mass is 32.2. The number of rotatable bonds is 7. The van der Waals surface area contributed by atoms with Crippen LogP contribution in [0, 0.1) is 6.92 Å². The van der Waals surface area contributed by atoms with Gasteiger partial charge in [-0.25, -0.2) is 17.8 Å². The van der Waals surface area contributed by atoms with E-state index in [1.807, 2.05) is 44.2 Å². The molecule has 1 unspecified atom stereocenters. The predicted molar refractivity (Wildman–Crippen MR) is 98.4 cm³/mol. The molecule has 0 radical (unpaired) electrons. The highest BCUT2D eigenvalue weighted by Gasteiger charge is 2.18. The van der Waals surface area contributed by atoms with E-state index >= 15 is 0 Å². The molecule has 1 atom stereocenters. The first kappa shape index (κ1) is 18.2. The molecule has 26 heavy (non-hydrogen) atoms. The van der Waals surface area contributed by atoms with E-state index in [1.54, 1.807) is 18.2 Å². The van der Waals surface area contributed by atoms with Crippen LogP contribution in [0.2, 0.25) is 0 Å². The van der Waals surface area contributed by atoms with Gasteiger partial charge < -0.3 is 0 Å².